The van der Waals surface area contributed by atoms with Crippen molar-refractivity contribution in [2.75, 3.05) is 0 Å². The molecule has 0 fully saturated rings. The summed E-state index contributed by atoms with van der Waals surface area (Å²) in [5, 5.41) is 11.5. The van der Waals surface area contributed by atoms with E-state index in [-0.39, 0.29) is 5.82 Å². The van der Waals surface area contributed by atoms with E-state index < -0.39 is 0 Å². The van der Waals surface area contributed by atoms with Crippen LogP contribution in [0.2, 0.25) is 0 Å². The molecule has 0 saturated carbocycles. The van der Waals surface area contributed by atoms with E-state index in [9.17, 15) is 4.39 Å². The molecular formula is C10H5BrFNS. The van der Waals surface area contributed by atoms with Crippen LogP contribution < -0.4 is 0 Å². The molecule has 14 heavy (non-hydrogen) atoms. The average Bonchev–Trinajstić information content (AvgIpc) is 2.59. The topological polar surface area (TPSA) is 23.8 Å². The maximum Gasteiger partial charge on any atom is 0.141 e. The predicted octanol–water partition coefficient (Wildman–Crippen LogP) is 3.81. The van der Waals surface area contributed by atoms with Crippen LogP contribution in [0.15, 0.2) is 17.5 Å². The van der Waals surface area contributed by atoms with E-state index in [0.717, 1.165) is 10.3 Å². The van der Waals surface area contributed by atoms with Crippen molar-refractivity contribution in [1.29, 1.82) is 5.26 Å². The van der Waals surface area contributed by atoms with E-state index in [0.29, 0.717) is 16.3 Å². The molecule has 2 aromatic rings. The molecule has 0 radical (unpaired) electrons. The van der Waals surface area contributed by atoms with Gasteiger partial charge in [-0.3, -0.25) is 0 Å². The molecule has 70 valence electrons. The predicted molar refractivity (Wildman–Crippen MR) is 59.1 cm³/mol. The number of hydrogen-bond acceptors (Lipinski definition) is 2. The summed E-state index contributed by atoms with van der Waals surface area (Å²) in [6.45, 7) is 0. The third-order valence-electron chi connectivity index (χ3n) is 1.96. The standard InChI is InChI=1S/C10H5BrFNS/c11-3-6-1-7(4-13)10-8(2-6)9(12)5-14-10/h1-2,5H,3H2. The van der Waals surface area contributed by atoms with Crippen LogP contribution in [0.25, 0.3) is 10.1 Å². The van der Waals surface area contributed by atoms with Crippen molar-refractivity contribution in [2.24, 2.45) is 0 Å². The van der Waals surface area contributed by atoms with Crippen LogP contribution in [0.3, 0.4) is 0 Å². The summed E-state index contributed by atoms with van der Waals surface area (Å²) in [5.41, 5.74) is 1.47. The van der Waals surface area contributed by atoms with Gasteiger partial charge >= 0.3 is 0 Å². The zero-order chi connectivity index (χ0) is 10.1. The Bertz CT molecular complexity index is 527. The second-order valence-electron chi connectivity index (χ2n) is 2.85. The first-order chi connectivity index (χ1) is 6.76. The number of fused-ring (bicyclic) bond motifs is 1. The Hall–Kier alpha value is -0.920. The molecule has 1 heterocycles. The molecule has 0 aliphatic carbocycles. The molecule has 0 amide bonds. The summed E-state index contributed by atoms with van der Waals surface area (Å²) in [6.07, 6.45) is 0. The van der Waals surface area contributed by atoms with Gasteiger partial charge in [-0.15, -0.1) is 11.3 Å². The molecule has 0 bridgehead atoms. The lowest BCUT2D eigenvalue weighted by atomic mass is 10.1. The largest absolute Gasteiger partial charge is 0.205 e. The van der Waals surface area contributed by atoms with Gasteiger partial charge in [-0.25, -0.2) is 4.39 Å². The Kier molecular flexibility index (Phi) is 2.53. The van der Waals surface area contributed by atoms with Gasteiger partial charge < -0.3 is 0 Å². The zero-order valence-corrected chi connectivity index (χ0v) is 9.45. The van der Waals surface area contributed by atoms with Crippen LogP contribution in [0.4, 0.5) is 4.39 Å². The fourth-order valence-corrected chi connectivity index (χ4v) is 2.51. The van der Waals surface area contributed by atoms with Crippen molar-refractivity contribution in [3.8, 4) is 6.07 Å². The van der Waals surface area contributed by atoms with E-state index in [4.69, 9.17) is 5.26 Å². The third-order valence-corrected chi connectivity index (χ3v) is 3.61. The highest BCUT2D eigenvalue weighted by Gasteiger charge is 2.09. The number of nitrogens with zero attached hydrogens (tertiary/aromatic N) is 1. The lowest BCUT2D eigenvalue weighted by Gasteiger charge is -1.98. The molecule has 0 N–H and O–H groups in total. The minimum absolute atomic E-state index is 0.246. The summed E-state index contributed by atoms with van der Waals surface area (Å²) in [6, 6.07) is 5.64. The average molecular weight is 270 g/mol. The Labute approximate surface area is 92.9 Å². The Morgan fingerprint density at radius 3 is 2.93 bits per heavy atom. The summed E-state index contributed by atoms with van der Waals surface area (Å²) >= 11 is 4.56. The van der Waals surface area contributed by atoms with Gasteiger partial charge in [-0.1, -0.05) is 15.9 Å². The van der Waals surface area contributed by atoms with Gasteiger partial charge in [0.2, 0.25) is 0 Å². The minimum Gasteiger partial charge on any atom is -0.205 e. The second-order valence-corrected chi connectivity index (χ2v) is 4.29. The smallest absolute Gasteiger partial charge is 0.141 e. The van der Waals surface area contributed by atoms with Gasteiger partial charge in [-0.2, -0.15) is 5.26 Å². The quantitative estimate of drug-likeness (QED) is 0.723. The highest BCUT2D eigenvalue weighted by Crippen LogP contribution is 2.29. The first kappa shape index (κ1) is 9.63. The molecule has 0 saturated heterocycles. The number of rotatable bonds is 1. The van der Waals surface area contributed by atoms with Crippen LogP contribution >= 0.6 is 27.3 Å². The van der Waals surface area contributed by atoms with Crippen molar-refractivity contribution >= 4 is 37.4 Å². The van der Waals surface area contributed by atoms with Crippen molar-refractivity contribution in [3.63, 3.8) is 0 Å². The number of benzene rings is 1. The van der Waals surface area contributed by atoms with E-state index >= 15 is 0 Å². The first-order valence-corrected chi connectivity index (χ1v) is 5.92. The second kappa shape index (κ2) is 3.68. The number of thiophene rings is 1. The lowest BCUT2D eigenvalue weighted by molar-refractivity contribution is 0.644. The van der Waals surface area contributed by atoms with E-state index in [2.05, 4.69) is 22.0 Å². The molecule has 1 aromatic heterocycles. The molecule has 0 unspecified atom stereocenters. The normalized spacial score (nSPS) is 10.4. The summed E-state index contributed by atoms with van der Waals surface area (Å²) in [5.74, 6) is -0.246. The summed E-state index contributed by atoms with van der Waals surface area (Å²) < 4.78 is 14.0. The van der Waals surface area contributed by atoms with Crippen molar-refractivity contribution in [3.05, 3.63) is 34.5 Å². The lowest BCUT2D eigenvalue weighted by Crippen LogP contribution is -1.82. The molecule has 0 aliphatic rings. The number of nitriles is 1. The van der Waals surface area contributed by atoms with Gasteiger partial charge in [0, 0.05) is 16.1 Å². The first-order valence-electron chi connectivity index (χ1n) is 3.92. The highest BCUT2D eigenvalue weighted by atomic mass is 79.9. The van der Waals surface area contributed by atoms with Gasteiger partial charge in [-0.05, 0) is 17.7 Å². The van der Waals surface area contributed by atoms with Crippen LogP contribution in [0.5, 0.6) is 0 Å². The summed E-state index contributed by atoms with van der Waals surface area (Å²) in [4.78, 5) is 0. The molecule has 1 aromatic carbocycles. The third kappa shape index (κ3) is 1.43. The van der Waals surface area contributed by atoms with E-state index in [1.807, 2.05) is 0 Å². The van der Waals surface area contributed by atoms with Crippen LogP contribution in [0, 0.1) is 17.1 Å². The van der Waals surface area contributed by atoms with Crippen LogP contribution in [0.1, 0.15) is 11.1 Å². The fourth-order valence-electron chi connectivity index (χ4n) is 1.33. The van der Waals surface area contributed by atoms with Crippen molar-refractivity contribution in [1.82, 2.24) is 0 Å². The van der Waals surface area contributed by atoms with E-state index in [1.165, 1.54) is 16.7 Å². The van der Waals surface area contributed by atoms with Crippen molar-refractivity contribution < 1.29 is 4.39 Å². The maximum atomic E-state index is 13.3. The maximum absolute atomic E-state index is 13.3. The number of alkyl halides is 1. The molecular weight excluding hydrogens is 265 g/mol. The zero-order valence-electron chi connectivity index (χ0n) is 7.05. The van der Waals surface area contributed by atoms with Crippen LogP contribution in [-0.4, -0.2) is 0 Å². The fraction of sp³-hybridized carbons (Fsp3) is 0.100. The van der Waals surface area contributed by atoms with Gasteiger partial charge in [0.15, 0.2) is 0 Å². The Balaban J connectivity index is 2.84. The molecule has 0 spiro atoms. The molecule has 4 heteroatoms. The number of hydrogen-bond donors (Lipinski definition) is 0. The minimum atomic E-state index is -0.246. The molecule has 1 nitrogen and oxygen atoms in total. The monoisotopic (exact) mass is 269 g/mol. The van der Waals surface area contributed by atoms with Gasteiger partial charge in [0.25, 0.3) is 0 Å². The van der Waals surface area contributed by atoms with Crippen LogP contribution in [-0.2, 0) is 5.33 Å². The molecule has 0 atom stereocenters. The SMILES string of the molecule is N#Cc1cc(CBr)cc2c(F)csc12. The molecule has 2 rings (SSSR count). The number of halogens is 2. The van der Waals surface area contributed by atoms with Gasteiger partial charge in [0.05, 0.1) is 10.3 Å². The van der Waals surface area contributed by atoms with Gasteiger partial charge in [0.1, 0.15) is 11.9 Å². The van der Waals surface area contributed by atoms with E-state index in [1.54, 1.807) is 12.1 Å². The Morgan fingerprint density at radius 2 is 2.29 bits per heavy atom. The highest BCUT2D eigenvalue weighted by molar-refractivity contribution is 9.08. The van der Waals surface area contributed by atoms with Crippen molar-refractivity contribution in [2.45, 2.75) is 5.33 Å². The molecule has 0 aliphatic heterocycles. The Morgan fingerprint density at radius 1 is 1.50 bits per heavy atom. The summed E-state index contributed by atoms with van der Waals surface area (Å²) in [7, 11) is 0.